The summed E-state index contributed by atoms with van der Waals surface area (Å²) in [6.45, 7) is 1.81. The monoisotopic (exact) mass is 213 g/mol. The van der Waals surface area contributed by atoms with Gasteiger partial charge in [-0.2, -0.15) is 5.26 Å². The first-order valence-electron chi connectivity index (χ1n) is 3.01. The summed E-state index contributed by atoms with van der Waals surface area (Å²) in [5.41, 5.74) is 0.952. The molecule has 0 bridgehead atoms. The van der Waals surface area contributed by atoms with E-state index in [1.807, 2.05) is 6.92 Å². The Morgan fingerprint density at radius 2 is 2.18 bits per heavy atom. The summed E-state index contributed by atoms with van der Waals surface area (Å²) >= 11 is 3.16. The first-order chi connectivity index (χ1) is 5.15. The van der Waals surface area contributed by atoms with Gasteiger partial charge in [-0.05, 0) is 24.6 Å². The van der Waals surface area contributed by atoms with Gasteiger partial charge >= 0.3 is 0 Å². The standard InChI is InChI=1S/C8H5BrFN/c1-5-2-6(4-11)8(10)3-7(5)9/h2-3H,1H3. The molecule has 0 N–H and O–H groups in total. The van der Waals surface area contributed by atoms with Crippen LogP contribution in [0.15, 0.2) is 16.6 Å². The zero-order chi connectivity index (χ0) is 8.43. The fourth-order valence-corrected chi connectivity index (χ4v) is 1.06. The van der Waals surface area contributed by atoms with Crippen LogP contribution in [0.3, 0.4) is 0 Å². The molecule has 11 heavy (non-hydrogen) atoms. The highest BCUT2D eigenvalue weighted by molar-refractivity contribution is 9.10. The van der Waals surface area contributed by atoms with Gasteiger partial charge in [0, 0.05) is 4.47 Å². The third-order valence-electron chi connectivity index (χ3n) is 1.37. The van der Waals surface area contributed by atoms with Gasteiger partial charge in [-0.25, -0.2) is 4.39 Å². The summed E-state index contributed by atoms with van der Waals surface area (Å²) in [6, 6.07) is 4.58. The summed E-state index contributed by atoms with van der Waals surface area (Å²) in [5, 5.41) is 8.43. The Hall–Kier alpha value is -0.880. The lowest BCUT2D eigenvalue weighted by Gasteiger charge is -1.98. The van der Waals surface area contributed by atoms with Crippen LogP contribution in [-0.4, -0.2) is 0 Å². The van der Waals surface area contributed by atoms with Gasteiger partial charge in [0.15, 0.2) is 0 Å². The number of benzene rings is 1. The van der Waals surface area contributed by atoms with Gasteiger partial charge in [0.25, 0.3) is 0 Å². The van der Waals surface area contributed by atoms with Crippen LogP contribution in [0.1, 0.15) is 11.1 Å². The zero-order valence-electron chi connectivity index (χ0n) is 5.86. The fourth-order valence-electron chi connectivity index (χ4n) is 0.743. The molecule has 0 saturated heterocycles. The second kappa shape index (κ2) is 3.02. The average molecular weight is 214 g/mol. The molecule has 1 aromatic carbocycles. The Kier molecular flexibility index (Phi) is 2.25. The molecule has 0 radical (unpaired) electrons. The summed E-state index contributed by atoms with van der Waals surface area (Å²) in [5.74, 6) is -0.482. The van der Waals surface area contributed by atoms with Gasteiger partial charge in [0.2, 0.25) is 0 Å². The van der Waals surface area contributed by atoms with E-state index in [4.69, 9.17) is 5.26 Å². The number of rotatable bonds is 0. The SMILES string of the molecule is Cc1cc(C#N)c(F)cc1Br. The van der Waals surface area contributed by atoms with Crippen LogP contribution < -0.4 is 0 Å². The molecule has 56 valence electrons. The molecule has 0 saturated carbocycles. The van der Waals surface area contributed by atoms with Crippen LogP contribution in [0.2, 0.25) is 0 Å². The van der Waals surface area contributed by atoms with Crippen LogP contribution in [-0.2, 0) is 0 Å². The van der Waals surface area contributed by atoms with Crippen molar-refractivity contribution in [2.75, 3.05) is 0 Å². The van der Waals surface area contributed by atoms with Crippen LogP contribution >= 0.6 is 15.9 Å². The van der Waals surface area contributed by atoms with E-state index in [0.29, 0.717) is 4.47 Å². The quantitative estimate of drug-likeness (QED) is 0.651. The highest BCUT2D eigenvalue weighted by atomic mass is 79.9. The molecule has 0 heterocycles. The molecule has 0 aliphatic heterocycles. The molecule has 1 aromatic rings. The number of hydrogen-bond acceptors (Lipinski definition) is 1. The number of halogens is 2. The first-order valence-corrected chi connectivity index (χ1v) is 3.80. The van der Waals surface area contributed by atoms with Crippen molar-refractivity contribution in [3.05, 3.63) is 33.5 Å². The van der Waals surface area contributed by atoms with Gasteiger partial charge in [-0.15, -0.1) is 0 Å². The van der Waals surface area contributed by atoms with E-state index in [9.17, 15) is 4.39 Å². The summed E-state index contributed by atoms with van der Waals surface area (Å²) in [4.78, 5) is 0. The Bertz CT molecular complexity index is 328. The maximum atomic E-state index is 12.8. The maximum absolute atomic E-state index is 12.8. The minimum Gasteiger partial charge on any atom is -0.206 e. The fraction of sp³-hybridized carbons (Fsp3) is 0.125. The molecule has 0 aliphatic rings. The van der Waals surface area contributed by atoms with Crippen molar-refractivity contribution in [1.82, 2.24) is 0 Å². The van der Waals surface area contributed by atoms with E-state index in [0.717, 1.165) is 5.56 Å². The largest absolute Gasteiger partial charge is 0.206 e. The van der Waals surface area contributed by atoms with Crippen molar-refractivity contribution >= 4 is 15.9 Å². The third-order valence-corrected chi connectivity index (χ3v) is 2.22. The van der Waals surface area contributed by atoms with E-state index >= 15 is 0 Å². The molecule has 0 atom stereocenters. The smallest absolute Gasteiger partial charge is 0.142 e. The number of nitrogens with zero attached hydrogens (tertiary/aromatic N) is 1. The van der Waals surface area contributed by atoms with E-state index in [2.05, 4.69) is 15.9 Å². The summed E-state index contributed by atoms with van der Waals surface area (Å²) < 4.78 is 13.5. The highest BCUT2D eigenvalue weighted by Crippen LogP contribution is 2.19. The van der Waals surface area contributed by atoms with Gasteiger partial charge in [-0.3, -0.25) is 0 Å². The Morgan fingerprint density at radius 3 is 2.73 bits per heavy atom. The topological polar surface area (TPSA) is 23.8 Å². The van der Waals surface area contributed by atoms with Gasteiger partial charge in [-0.1, -0.05) is 15.9 Å². The lowest BCUT2D eigenvalue weighted by Crippen LogP contribution is -1.85. The number of aryl methyl sites for hydroxylation is 1. The van der Waals surface area contributed by atoms with Gasteiger partial charge < -0.3 is 0 Å². The molecular formula is C8H5BrFN. The second-order valence-corrected chi connectivity index (χ2v) is 3.05. The molecule has 0 aromatic heterocycles. The van der Waals surface area contributed by atoms with E-state index < -0.39 is 5.82 Å². The van der Waals surface area contributed by atoms with Gasteiger partial charge in [0.1, 0.15) is 11.9 Å². The van der Waals surface area contributed by atoms with Gasteiger partial charge in [0.05, 0.1) is 5.56 Å². The predicted octanol–water partition coefficient (Wildman–Crippen LogP) is 2.77. The van der Waals surface area contributed by atoms with Crippen molar-refractivity contribution in [2.24, 2.45) is 0 Å². The van der Waals surface area contributed by atoms with E-state index in [1.165, 1.54) is 12.1 Å². The first kappa shape index (κ1) is 8.22. The van der Waals surface area contributed by atoms with Crippen LogP contribution in [0.5, 0.6) is 0 Å². The molecule has 1 rings (SSSR count). The van der Waals surface area contributed by atoms with Crippen LogP contribution in [0.25, 0.3) is 0 Å². The molecule has 0 spiro atoms. The zero-order valence-corrected chi connectivity index (χ0v) is 7.44. The minimum atomic E-state index is -0.482. The van der Waals surface area contributed by atoms with Crippen molar-refractivity contribution in [3.63, 3.8) is 0 Å². The van der Waals surface area contributed by atoms with Crippen molar-refractivity contribution in [2.45, 2.75) is 6.92 Å². The second-order valence-electron chi connectivity index (χ2n) is 2.19. The normalized spacial score (nSPS) is 9.27. The molecule has 1 nitrogen and oxygen atoms in total. The Morgan fingerprint density at radius 1 is 1.55 bits per heavy atom. The summed E-state index contributed by atoms with van der Waals surface area (Å²) in [6.07, 6.45) is 0. The van der Waals surface area contributed by atoms with Crippen molar-refractivity contribution < 1.29 is 4.39 Å². The Balaban J connectivity index is 3.35. The van der Waals surface area contributed by atoms with Crippen LogP contribution in [0.4, 0.5) is 4.39 Å². The van der Waals surface area contributed by atoms with E-state index in [-0.39, 0.29) is 5.56 Å². The average Bonchev–Trinajstić information content (AvgIpc) is 1.97. The maximum Gasteiger partial charge on any atom is 0.142 e. The van der Waals surface area contributed by atoms with Crippen molar-refractivity contribution in [3.8, 4) is 6.07 Å². The summed E-state index contributed by atoms with van der Waals surface area (Å²) in [7, 11) is 0. The van der Waals surface area contributed by atoms with E-state index in [1.54, 1.807) is 6.07 Å². The lowest BCUT2D eigenvalue weighted by molar-refractivity contribution is 0.622. The third kappa shape index (κ3) is 1.58. The predicted molar refractivity (Wildman–Crippen MR) is 43.6 cm³/mol. The molecule has 0 aliphatic carbocycles. The lowest BCUT2D eigenvalue weighted by atomic mass is 10.1. The molecule has 0 amide bonds. The molecule has 0 unspecified atom stereocenters. The number of nitriles is 1. The molecule has 0 fully saturated rings. The molecule has 3 heteroatoms. The van der Waals surface area contributed by atoms with Crippen molar-refractivity contribution in [1.29, 1.82) is 5.26 Å². The minimum absolute atomic E-state index is 0.0886. The highest BCUT2D eigenvalue weighted by Gasteiger charge is 2.03. The molecular weight excluding hydrogens is 209 g/mol. The van der Waals surface area contributed by atoms with Crippen LogP contribution in [0, 0.1) is 24.1 Å². The number of hydrogen-bond donors (Lipinski definition) is 0. The Labute approximate surface area is 72.6 Å².